The van der Waals surface area contributed by atoms with Crippen molar-refractivity contribution < 1.29 is 19.4 Å². The Kier molecular flexibility index (Phi) is 18.2. The summed E-state index contributed by atoms with van der Waals surface area (Å²) in [6, 6.07) is -0.957. The lowest BCUT2D eigenvalue weighted by Gasteiger charge is -2.14. The molecule has 0 aromatic carbocycles. The van der Waals surface area contributed by atoms with E-state index in [9.17, 15) is 14.7 Å². The molecule has 178 valence electrons. The first kappa shape index (κ1) is 29.4. The van der Waals surface area contributed by atoms with Crippen LogP contribution in [0.3, 0.4) is 0 Å². The van der Waals surface area contributed by atoms with Crippen LogP contribution in [0.15, 0.2) is 34.9 Å². The summed E-state index contributed by atoms with van der Waals surface area (Å²) in [7, 11) is 0. The summed E-state index contributed by atoms with van der Waals surface area (Å²) in [4.78, 5) is 23.0. The van der Waals surface area contributed by atoms with Gasteiger partial charge in [0, 0.05) is 31.1 Å². The van der Waals surface area contributed by atoms with E-state index in [0.29, 0.717) is 18.8 Å². The maximum absolute atomic E-state index is 11.8. The number of hydrogen-bond donors (Lipinski definition) is 3. The second kappa shape index (κ2) is 19.1. The van der Waals surface area contributed by atoms with Crippen molar-refractivity contribution in [3.8, 4) is 0 Å². The average Bonchev–Trinajstić information content (AvgIpc) is 2.70. The number of ether oxygens (including phenoxy) is 1. The van der Waals surface area contributed by atoms with Gasteiger partial charge >= 0.3 is 6.03 Å². The molecule has 0 aromatic heterocycles. The number of urea groups is 1. The molecular formula is C24H42N2O4S. The molecular weight excluding hydrogens is 412 g/mol. The molecule has 0 spiro atoms. The van der Waals surface area contributed by atoms with Crippen molar-refractivity contribution in [1.29, 1.82) is 0 Å². The van der Waals surface area contributed by atoms with E-state index in [4.69, 9.17) is 4.74 Å². The number of allylic oxidation sites excluding steroid dienone is 5. The van der Waals surface area contributed by atoms with Crippen LogP contribution in [0.25, 0.3) is 0 Å². The Balaban J connectivity index is 4.04. The number of rotatable bonds is 17. The fourth-order valence-electron chi connectivity index (χ4n) is 2.65. The van der Waals surface area contributed by atoms with Gasteiger partial charge in [0.2, 0.25) is 0 Å². The van der Waals surface area contributed by atoms with Gasteiger partial charge in [-0.05, 0) is 60.3 Å². The van der Waals surface area contributed by atoms with Crippen LogP contribution in [-0.4, -0.2) is 54.4 Å². The highest BCUT2D eigenvalue weighted by Gasteiger charge is 2.11. The lowest BCUT2D eigenvalue weighted by molar-refractivity contribution is -0.109. The number of thioether (sulfide) groups is 1. The fourth-order valence-corrected chi connectivity index (χ4v) is 3.61. The number of aliphatic hydroxyl groups is 1. The highest BCUT2D eigenvalue weighted by molar-refractivity contribution is 7.99. The largest absolute Gasteiger partial charge is 0.368 e. The molecule has 31 heavy (non-hydrogen) atoms. The molecule has 3 N–H and O–H groups in total. The summed E-state index contributed by atoms with van der Waals surface area (Å²) in [6.07, 6.45) is 11.3. The third kappa shape index (κ3) is 18.9. The first-order valence-corrected chi connectivity index (χ1v) is 12.3. The molecule has 0 aliphatic carbocycles. The number of nitrogens with one attached hydrogen (secondary N) is 2. The van der Waals surface area contributed by atoms with Crippen LogP contribution in [0.1, 0.15) is 66.7 Å². The maximum atomic E-state index is 11.8. The Morgan fingerprint density at radius 1 is 1.06 bits per heavy atom. The van der Waals surface area contributed by atoms with Gasteiger partial charge in [-0.25, -0.2) is 4.79 Å². The van der Waals surface area contributed by atoms with Crippen LogP contribution < -0.4 is 10.6 Å². The SMILES string of the molecule is CCOC(O)CCNC(=O)N[C@H](C=O)CSC/C=C(\C)CC/C=C(\C)CCC=C(C)C. The first-order valence-electron chi connectivity index (χ1n) is 11.1. The predicted octanol–water partition coefficient (Wildman–Crippen LogP) is 4.75. The van der Waals surface area contributed by atoms with Crippen LogP contribution in [0.2, 0.25) is 0 Å². The van der Waals surface area contributed by atoms with E-state index < -0.39 is 18.4 Å². The normalized spacial score (nSPS) is 14.0. The number of amides is 2. The number of aldehydes is 1. The second-order valence-electron chi connectivity index (χ2n) is 7.84. The number of hydrogen-bond acceptors (Lipinski definition) is 5. The smallest absolute Gasteiger partial charge is 0.315 e. The Morgan fingerprint density at radius 3 is 2.32 bits per heavy atom. The standard InChI is InChI=1S/C24H42N2O4S/c1-6-30-23(28)13-15-25-24(29)26-22(17-27)18-31-16-14-21(5)12-8-11-20(4)10-7-9-19(2)3/h9,11,14,17,22-23,28H,6-8,10,12-13,15-16,18H2,1-5H3,(H2,25,26,29)/b20-11+,21-14+/t22-,23?/m1/s1. The van der Waals surface area contributed by atoms with Gasteiger partial charge in [0.1, 0.15) is 6.29 Å². The van der Waals surface area contributed by atoms with Crippen molar-refractivity contribution in [2.24, 2.45) is 0 Å². The van der Waals surface area contributed by atoms with Crippen molar-refractivity contribution in [2.45, 2.75) is 79.1 Å². The topological polar surface area (TPSA) is 87.7 Å². The summed E-state index contributed by atoms with van der Waals surface area (Å²) in [5.41, 5.74) is 4.14. The molecule has 0 aliphatic heterocycles. The minimum atomic E-state index is -0.889. The van der Waals surface area contributed by atoms with E-state index in [1.807, 2.05) is 0 Å². The molecule has 7 heteroatoms. The average molecular weight is 455 g/mol. The quantitative estimate of drug-likeness (QED) is 0.128. The Hall–Kier alpha value is -1.57. The molecule has 0 bridgehead atoms. The second-order valence-corrected chi connectivity index (χ2v) is 8.91. The monoisotopic (exact) mass is 454 g/mol. The van der Waals surface area contributed by atoms with E-state index in [0.717, 1.165) is 37.7 Å². The van der Waals surface area contributed by atoms with Crippen LogP contribution in [0.5, 0.6) is 0 Å². The maximum Gasteiger partial charge on any atom is 0.315 e. The van der Waals surface area contributed by atoms with Gasteiger partial charge < -0.3 is 25.3 Å². The van der Waals surface area contributed by atoms with E-state index in [1.54, 1.807) is 18.7 Å². The third-order valence-electron chi connectivity index (χ3n) is 4.49. The van der Waals surface area contributed by atoms with Gasteiger partial charge in [-0.2, -0.15) is 11.8 Å². The molecule has 2 amide bonds. The van der Waals surface area contributed by atoms with Gasteiger partial charge in [0.25, 0.3) is 0 Å². The molecule has 2 atom stereocenters. The van der Waals surface area contributed by atoms with Crippen LogP contribution in [0.4, 0.5) is 4.79 Å². The van der Waals surface area contributed by atoms with Gasteiger partial charge in [0.05, 0.1) is 6.04 Å². The Labute approximate surface area is 193 Å². The van der Waals surface area contributed by atoms with E-state index >= 15 is 0 Å². The van der Waals surface area contributed by atoms with Gasteiger partial charge in [-0.15, -0.1) is 0 Å². The number of aliphatic hydroxyl groups excluding tert-OH is 1. The van der Waals surface area contributed by atoms with E-state index in [2.05, 4.69) is 56.6 Å². The number of carbonyl (C=O) groups excluding carboxylic acids is 2. The molecule has 0 aliphatic rings. The minimum absolute atomic E-state index is 0.274. The molecule has 0 radical (unpaired) electrons. The van der Waals surface area contributed by atoms with E-state index in [-0.39, 0.29) is 6.54 Å². The highest BCUT2D eigenvalue weighted by Crippen LogP contribution is 2.12. The molecule has 6 nitrogen and oxygen atoms in total. The predicted molar refractivity (Wildman–Crippen MR) is 131 cm³/mol. The van der Waals surface area contributed by atoms with Gasteiger partial charge in [0.15, 0.2) is 6.29 Å². The summed E-state index contributed by atoms with van der Waals surface area (Å²) in [6.45, 7) is 11.1. The van der Waals surface area contributed by atoms with Crippen molar-refractivity contribution in [3.05, 3.63) is 34.9 Å². The Morgan fingerprint density at radius 2 is 1.71 bits per heavy atom. The molecule has 0 saturated heterocycles. The molecule has 0 fully saturated rings. The van der Waals surface area contributed by atoms with Crippen LogP contribution in [0, 0.1) is 0 Å². The molecule has 0 rings (SSSR count). The van der Waals surface area contributed by atoms with E-state index in [1.165, 1.54) is 16.7 Å². The van der Waals surface area contributed by atoms with Crippen LogP contribution >= 0.6 is 11.8 Å². The minimum Gasteiger partial charge on any atom is -0.368 e. The lowest BCUT2D eigenvalue weighted by Crippen LogP contribution is -2.44. The zero-order valence-electron chi connectivity index (χ0n) is 19.9. The van der Waals surface area contributed by atoms with Crippen molar-refractivity contribution in [2.75, 3.05) is 24.7 Å². The summed E-state index contributed by atoms with van der Waals surface area (Å²) < 4.78 is 4.98. The zero-order chi connectivity index (χ0) is 23.5. The lowest BCUT2D eigenvalue weighted by atomic mass is 10.1. The van der Waals surface area contributed by atoms with Gasteiger partial charge in [-0.1, -0.05) is 34.9 Å². The summed E-state index contributed by atoms with van der Waals surface area (Å²) in [5, 5.41) is 14.7. The molecule has 0 saturated carbocycles. The highest BCUT2D eigenvalue weighted by atomic mass is 32.2. The number of carbonyl (C=O) groups is 2. The van der Waals surface area contributed by atoms with Crippen molar-refractivity contribution in [3.63, 3.8) is 0 Å². The zero-order valence-corrected chi connectivity index (χ0v) is 20.7. The molecule has 1 unspecified atom stereocenters. The van der Waals surface area contributed by atoms with Crippen molar-refractivity contribution >= 4 is 24.1 Å². The third-order valence-corrected chi connectivity index (χ3v) is 5.48. The van der Waals surface area contributed by atoms with Gasteiger partial charge in [-0.3, -0.25) is 0 Å². The van der Waals surface area contributed by atoms with Crippen molar-refractivity contribution in [1.82, 2.24) is 10.6 Å². The molecule has 0 heterocycles. The summed E-state index contributed by atoms with van der Waals surface area (Å²) in [5.74, 6) is 1.33. The first-order chi connectivity index (χ1) is 14.8. The Bertz CT molecular complexity index is 598. The fraction of sp³-hybridized carbons (Fsp3) is 0.667. The summed E-state index contributed by atoms with van der Waals surface area (Å²) >= 11 is 1.61. The van der Waals surface area contributed by atoms with Crippen LogP contribution in [-0.2, 0) is 9.53 Å². The molecule has 0 aromatic rings.